The van der Waals surface area contributed by atoms with Gasteiger partial charge in [0.1, 0.15) is 18.2 Å². The van der Waals surface area contributed by atoms with Crippen molar-refractivity contribution in [3.63, 3.8) is 0 Å². The number of rotatable bonds is 6. The standard InChI is InChI=1S/C18H27N2O4/c1-14(13-20(2,3)15-9-5-4-6-10-15)24-18(21)16-11-7-8-12-17(16)19(22)23/h7-8,11-12,14-15H,4-6,9-10,13H2,1-3H3/q+1. The first kappa shape index (κ1) is 18.4. The van der Waals surface area contributed by atoms with E-state index >= 15 is 0 Å². The van der Waals surface area contributed by atoms with Gasteiger partial charge in [-0.2, -0.15) is 0 Å². The minimum Gasteiger partial charge on any atom is -0.453 e. The topological polar surface area (TPSA) is 69.4 Å². The highest BCUT2D eigenvalue weighted by molar-refractivity contribution is 5.93. The highest BCUT2D eigenvalue weighted by Crippen LogP contribution is 2.26. The van der Waals surface area contributed by atoms with E-state index in [0.29, 0.717) is 12.6 Å². The fourth-order valence-electron chi connectivity index (χ4n) is 3.68. The lowest BCUT2D eigenvalue weighted by molar-refractivity contribution is -0.918. The maximum atomic E-state index is 12.3. The first-order valence-electron chi connectivity index (χ1n) is 8.58. The third-order valence-electron chi connectivity index (χ3n) is 4.92. The van der Waals surface area contributed by atoms with E-state index in [2.05, 4.69) is 14.1 Å². The molecule has 0 spiro atoms. The van der Waals surface area contributed by atoms with Crippen molar-refractivity contribution in [3.05, 3.63) is 39.9 Å². The molecule has 1 aliphatic rings. The van der Waals surface area contributed by atoms with Crippen molar-refractivity contribution >= 4 is 11.7 Å². The second-order valence-corrected chi connectivity index (χ2v) is 7.24. The summed E-state index contributed by atoms with van der Waals surface area (Å²) in [6.45, 7) is 2.56. The van der Waals surface area contributed by atoms with Crippen LogP contribution >= 0.6 is 0 Å². The summed E-state index contributed by atoms with van der Waals surface area (Å²) in [6, 6.07) is 6.50. The van der Waals surface area contributed by atoms with Crippen molar-refractivity contribution < 1.29 is 18.9 Å². The van der Waals surface area contributed by atoms with Gasteiger partial charge in [0, 0.05) is 6.07 Å². The van der Waals surface area contributed by atoms with Gasteiger partial charge in [0.05, 0.1) is 25.1 Å². The van der Waals surface area contributed by atoms with E-state index in [4.69, 9.17) is 4.74 Å². The summed E-state index contributed by atoms with van der Waals surface area (Å²) in [7, 11) is 4.34. The molecule has 1 saturated carbocycles. The number of nitro groups is 1. The van der Waals surface area contributed by atoms with Crippen molar-refractivity contribution in [1.82, 2.24) is 0 Å². The highest BCUT2D eigenvalue weighted by Gasteiger charge is 2.32. The Bertz CT molecular complexity index is 594. The summed E-state index contributed by atoms with van der Waals surface area (Å²) in [5, 5.41) is 11.0. The minimum atomic E-state index is -0.626. The lowest BCUT2D eigenvalue weighted by Gasteiger charge is -2.41. The number of esters is 1. The zero-order valence-electron chi connectivity index (χ0n) is 14.7. The smallest absolute Gasteiger partial charge is 0.345 e. The number of benzene rings is 1. The zero-order chi connectivity index (χ0) is 17.7. The number of carbonyl (C=O) groups excluding carboxylic acids is 1. The Morgan fingerprint density at radius 3 is 2.54 bits per heavy atom. The highest BCUT2D eigenvalue weighted by atomic mass is 16.6. The van der Waals surface area contributed by atoms with Crippen LogP contribution < -0.4 is 0 Å². The molecule has 6 heteroatoms. The molecule has 0 amide bonds. The summed E-state index contributed by atoms with van der Waals surface area (Å²) in [5.41, 5.74) is -0.201. The molecule has 1 atom stereocenters. The van der Waals surface area contributed by atoms with Crippen LogP contribution in [-0.4, -0.2) is 48.2 Å². The Kier molecular flexibility index (Phi) is 5.94. The number of hydrogen-bond acceptors (Lipinski definition) is 4. The van der Waals surface area contributed by atoms with Crippen LogP contribution in [0.4, 0.5) is 5.69 Å². The Balaban J connectivity index is 2.00. The van der Waals surface area contributed by atoms with E-state index in [-0.39, 0.29) is 17.4 Å². The molecule has 0 heterocycles. The third kappa shape index (κ3) is 4.54. The molecule has 2 rings (SSSR count). The van der Waals surface area contributed by atoms with Crippen molar-refractivity contribution in [2.45, 2.75) is 51.2 Å². The van der Waals surface area contributed by atoms with E-state index in [1.165, 1.54) is 44.2 Å². The lowest BCUT2D eigenvalue weighted by atomic mass is 9.93. The quantitative estimate of drug-likeness (QED) is 0.345. The van der Waals surface area contributed by atoms with Gasteiger partial charge in [0.15, 0.2) is 0 Å². The van der Waals surface area contributed by atoms with Gasteiger partial charge in [-0.3, -0.25) is 10.1 Å². The van der Waals surface area contributed by atoms with Crippen molar-refractivity contribution in [1.29, 1.82) is 0 Å². The Labute approximate surface area is 143 Å². The van der Waals surface area contributed by atoms with Gasteiger partial charge in [0.2, 0.25) is 0 Å². The fourth-order valence-corrected chi connectivity index (χ4v) is 3.68. The van der Waals surface area contributed by atoms with Gasteiger partial charge in [0.25, 0.3) is 5.69 Å². The number of nitrogens with zero attached hydrogens (tertiary/aromatic N) is 2. The van der Waals surface area contributed by atoms with Gasteiger partial charge in [-0.1, -0.05) is 18.6 Å². The maximum absolute atomic E-state index is 12.3. The largest absolute Gasteiger partial charge is 0.453 e. The average molecular weight is 335 g/mol. The molecule has 0 radical (unpaired) electrons. The molecule has 0 aromatic heterocycles. The zero-order valence-corrected chi connectivity index (χ0v) is 14.7. The number of likely N-dealkylation sites (N-methyl/N-ethyl adjacent to an activating group) is 1. The number of nitro benzene ring substituents is 1. The van der Waals surface area contributed by atoms with Crippen LogP contribution in [0.25, 0.3) is 0 Å². The third-order valence-corrected chi connectivity index (χ3v) is 4.92. The van der Waals surface area contributed by atoms with E-state index < -0.39 is 10.9 Å². The molecule has 0 aliphatic heterocycles. The van der Waals surface area contributed by atoms with E-state index in [1.807, 2.05) is 6.92 Å². The predicted molar refractivity (Wildman–Crippen MR) is 91.8 cm³/mol. The molecule has 24 heavy (non-hydrogen) atoms. The van der Waals surface area contributed by atoms with Gasteiger partial charge >= 0.3 is 5.97 Å². The fraction of sp³-hybridized carbons (Fsp3) is 0.611. The molecule has 0 N–H and O–H groups in total. The molecule has 1 aliphatic carbocycles. The number of ether oxygens (including phenoxy) is 1. The van der Waals surface area contributed by atoms with E-state index in [0.717, 1.165) is 4.48 Å². The number of carbonyl (C=O) groups is 1. The predicted octanol–water partition coefficient (Wildman–Crippen LogP) is 3.55. The molecule has 1 fully saturated rings. The van der Waals surface area contributed by atoms with Crippen LogP contribution in [0.1, 0.15) is 49.4 Å². The monoisotopic (exact) mass is 335 g/mol. The van der Waals surface area contributed by atoms with Crippen molar-refractivity contribution in [2.75, 3.05) is 20.6 Å². The molecule has 132 valence electrons. The first-order chi connectivity index (χ1) is 11.3. The average Bonchev–Trinajstić information content (AvgIpc) is 2.55. The van der Waals surface area contributed by atoms with E-state index in [1.54, 1.807) is 12.1 Å². The summed E-state index contributed by atoms with van der Waals surface area (Å²) in [5.74, 6) is -0.626. The van der Waals surface area contributed by atoms with Crippen LogP contribution in [0.2, 0.25) is 0 Å². The van der Waals surface area contributed by atoms with Crippen LogP contribution in [0.15, 0.2) is 24.3 Å². The normalized spacial score (nSPS) is 17.3. The van der Waals surface area contributed by atoms with Crippen molar-refractivity contribution in [2.24, 2.45) is 0 Å². The number of para-hydroxylation sites is 1. The minimum absolute atomic E-state index is 0.0114. The molecule has 6 nitrogen and oxygen atoms in total. The molecule has 1 unspecified atom stereocenters. The molecule has 0 bridgehead atoms. The Hall–Kier alpha value is -1.95. The molecule has 1 aromatic rings. The van der Waals surface area contributed by atoms with Crippen LogP contribution in [0.3, 0.4) is 0 Å². The lowest BCUT2D eigenvalue weighted by Crippen LogP contribution is -2.53. The van der Waals surface area contributed by atoms with Gasteiger partial charge in [-0.05, 0) is 38.7 Å². The van der Waals surface area contributed by atoms with Crippen molar-refractivity contribution in [3.8, 4) is 0 Å². The summed E-state index contributed by atoms with van der Waals surface area (Å²) in [4.78, 5) is 22.8. The SMILES string of the molecule is CC(C[N+](C)(C)C1CCCCC1)OC(=O)c1ccccc1[N+](=O)[O-]. The van der Waals surface area contributed by atoms with Gasteiger partial charge in [-0.15, -0.1) is 0 Å². The summed E-state index contributed by atoms with van der Waals surface area (Å²) < 4.78 is 6.31. The van der Waals surface area contributed by atoms with Crippen LogP contribution in [-0.2, 0) is 4.74 Å². The molecule has 0 saturated heterocycles. The Morgan fingerprint density at radius 1 is 1.29 bits per heavy atom. The second-order valence-electron chi connectivity index (χ2n) is 7.24. The van der Waals surface area contributed by atoms with E-state index in [9.17, 15) is 14.9 Å². The molecular formula is C18H27N2O4+. The molecule has 1 aromatic carbocycles. The molecular weight excluding hydrogens is 308 g/mol. The van der Waals surface area contributed by atoms with Crippen LogP contribution in [0, 0.1) is 10.1 Å². The Morgan fingerprint density at radius 2 is 1.92 bits per heavy atom. The summed E-state index contributed by atoms with van der Waals surface area (Å²) >= 11 is 0. The number of hydrogen-bond donors (Lipinski definition) is 0. The second kappa shape index (κ2) is 7.75. The summed E-state index contributed by atoms with van der Waals surface area (Å²) in [6.07, 6.45) is 5.94. The van der Waals surface area contributed by atoms with Gasteiger partial charge in [-0.25, -0.2) is 4.79 Å². The maximum Gasteiger partial charge on any atom is 0.345 e. The van der Waals surface area contributed by atoms with Gasteiger partial charge < -0.3 is 9.22 Å². The number of quaternary nitrogens is 1. The van der Waals surface area contributed by atoms with Crippen LogP contribution in [0.5, 0.6) is 0 Å². The first-order valence-corrected chi connectivity index (χ1v) is 8.58.